The van der Waals surface area contributed by atoms with E-state index in [-0.39, 0.29) is 0 Å². The van der Waals surface area contributed by atoms with E-state index in [4.69, 9.17) is 5.73 Å². The molecule has 1 rings (SSSR count). The normalized spacial score (nSPS) is 11.5. The van der Waals surface area contributed by atoms with Crippen LogP contribution in [0.2, 0.25) is 0 Å². The van der Waals surface area contributed by atoms with Gasteiger partial charge in [0.05, 0.1) is 0 Å². The molecule has 0 fully saturated rings. The minimum absolute atomic E-state index is 0.540. The molecule has 0 spiro atoms. The number of hydrogen-bond acceptors (Lipinski definition) is 2. The highest BCUT2D eigenvalue weighted by atomic mass is 15.1. The van der Waals surface area contributed by atoms with E-state index in [1.54, 1.807) is 0 Å². The second kappa shape index (κ2) is 6.18. The molecule has 1 aromatic carbocycles. The summed E-state index contributed by atoms with van der Waals surface area (Å²) in [4.78, 5) is 2.44. The maximum Gasteiger partial charge on any atom is 0.0242 e. The first-order chi connectivity index (χ1) is 7.95. The van der Waals surface area contributed by atoms with Gasteiger partial charge >= 0.3 is 0 Å². The molecule has 0 aromatic heterocycles. The Morgan fingerprint density at radius 3 is 2.06 bits per heavy atom. The van der Waals surface area contributed by atoms with Crippen molar-refractivity contribution < 1.29 is 0 Å². The number of aryl methyl sites for hydroxylation is 3. The molecular weight excluding hydrogens is 208 g/mol. The minimum Gasteiger partial charge on any atom is -0.329 e. The molecule has 0 saturated carbocycles. The SMILES string of the molecule is Cc1cc(C)c(CN(CCN)C(C)C)c(C)c1. The van der Waals surface area contributed by atoms with Crippen LogP contribution in [0.4, 0.5) is 0 Å². The highest BCUT2D eigenvalue weighted by Gasteiger charge is 2.12. The fourth-order valence-corrected chi connectivity index (χ4v) is 2.35. The zero-order valence-corrected chi connectivity index (χ0v) is 11.9. The monoisotopic (exact) mass is 234 g/mol. The van der Waals surface area contributed by atoms with Crippen LogP contribution >= 0.6 is 0 Å². The van der Waals surface area contributed by atoms with Crippen LogP contribution in [0.3, 0.4) is 0 Å². The van der Waals surface area contributed by atoms with Crippen molar-refractivity contribution in [1.29, 1.82) is 0 Å². The van der Waals surface area contributed by atoms with E-state index in [0.717, 1.165) is 19.6 Å². The van der Waals surface area contributed by atoms with Gasteiger partial charge in [-0.05, 0) is 51.3 Å². The molecule has 0 aliphatic rings. The topological polar surface area (TPSA) is 29.3 Å². The predicted octanol–water partition coefficient (Wildman–Crippen LogP) is 2.78. The third kappa shape index (κ3) is 3.83. The van der Waals surface area contributed by atoms with Gasteiger partial charge in [0.1, 0.15) is 0 Å². The smallest absolute Gasteiger partial charge is 0.0242 e. The Labute approximate surface area is 106 Å². The lowest BCUT2D eigenvalue weighted by molar-refractivity contribution is 0.218. The van der Waals surface area contributed by atoms with Crippen LogP contribution in [0.15, 0.2) is 12.1 Å². The average Bonchev–Trinajstić information content (AvgIpc) is 2.21. The maximum atomic E-state index is 5.68. The molecule has 0 aliphatic heterocycles. The lowest BCUT2D eigenvalue weighted by Crippen LogP contribution is -2.35. The number of rotatable bonds is 5. The standard InChI is InChI=1S/C15H26N2/c1-11(2)17(7-6-16)10-15-13(4)8-12(3)9-14(15)5/h8-9,11H,6-7,10,16H2,1-5H3. The molecular formula is C15H26N2. The summed E-state index contributed by atoms with van der Waals surface area (Å²) in [6.07, 6.45) is 0. The third-order valence-corrected chi connectivity index (χ3v) is 3.35. The maximum absolute atomic E-state index is 5.68. The van der Waals surface area contributed by atoms with Gasteiger partial charge in [0.25, 0.3) is 0 Å². The molecule has 1 aromatic rings. The largest absolute Gasteiger partial charge is 0.329 e. The lowest BCUT2D eigenvalue weighted by Gasteiger charge is -2.27. The average molecular weight is 234 g/mol. The highest BCUT2D eigenvalue weighted by Crippen LogP contribution is 2.19. The number of benzene rings is 1. The lowest BCUT2D eigenvalue weighted by atomic mass is 9.99. The van der Waals surface area contributed by atoms with E-state index in [1.807, 2.05) is 0 Å². The first kappa shape index (κ1) is 14.2. The van der Waals surface area contributed by atoms with E-state index in [9.17, 15) is 0 Å². The van der Waals surface area contributed by atoms with Crippen LogP contribution < -0.4 is 5.73 Å². The van der Waals surface area contributed by atoms with Gasteiger partial charge in [0.15, 0.2) is 0 Å². The number of hydrogen-bond donors (Lipinski definition) is 1. The second-order valence-electron chi connectivity index (χ2n) is 5.23. The Hall–Kier alpha value is -0.860. The van der Waals surface area contributed by atoms with E-state index >= 15 is 0 Å². The molecule has 2 nitrogen and oxygen atoms in total. The summed E-state index contributed by atoms with van der Waals surface area (Å²) in [5, 5.41) is 0. The summed E-state index contributed by atoms with van der Waals surface area (Å²) in [7, 11) is 0. The van der Waals surface area contributed by atoms with Gasteiger partial charge < -0.3 is 5.73 Å². The zero-order valence-electron chi connectivity index (χ0n) is 11.9. The summed E-state index contributed by atoms with van der Waals surface area (Å²) < 4.78 is 0. The van der Waals surface area contributed by atoms with Gasteiger partial charge in [-0.3, -0.25) is 4.90 Å². The summed E-state index contributed by atoms with van der Waals surface area (Å²) >= 11 is 0. The van der Waals surface area contributed by atoms with Crippen molar-refractivity contribution in [1.82, 2.24) is 4.90 Å². The predicted molar refractivity (Wildman–Crippen MR) is 75.3 cm³/mol. The Balaban J connectivity index is 2.93. The number of nitrogens with two attached hydrogens (primary N) is 1. The molecule has 96 valence electrons. The van der Waals surface area contributed by atoms with Crippen LogP contribution in [0.25, 0.3) is 0 Å². The van der Waals surface area contributed by atoms with Gasteiger partial charge in [-0.2, -0.15) is 0 Å². The Morgan fingerprint density at radius 2 is 1.65 bits per heavy atom. The molecule has 0 bridgehead atoms. The van der Waals surface area contributed by atoms with Gasteiger partial charge in [0, 0.05) is 25.7 Å². The van der Waals surface area contributed by atoms with Crippen molar-refractivity contribution in [2.75, 3.05) is 13.1 Å². The van der Waals surface area contributed by atoms with E-state index < -0.39 is 0 Å². The first-order valence-corrected chi connectivity index (χ1v) is 6.46. The molecule has 2 heteroatoms. The summed E-state index contributed by atoms with van der Waals surface area (Å²) in [6.45, 7) is 13.7. The molecule has 0 saturated heterocycles. The molecule has 17 heavy (non-hydrogen) atoms. The Kier molecular flexibility index (Phi) is 5.16. The minimum atomic E-state index is 0.540. The van der Waals surface area contributed by atoms with Crippen molar-refractivity contribution in [3.63, 3.8) is 0 Å². The Morgan fingerprint density at radius 1 is 1.12 bits per heavy atom. The van der Waals surface area contributed by atoms with Crippen molar-refractivity contribution in [2.45, 2.75) is 47.2 Å². The van der Waals surface area contributed by atoms with Gasteiger partial charge in [-0.1, -0.05) is 17.7 Å². The van der Waals surface area contributed by atoms with E-state index in [1.165, 1.54) is 22.3 Å². The van der Waals surface area contributed by atoms with Crippen molar-refractivity contribution in [3.8, 4) is 0 Å². The summed E-state index contributed by atoms with van der Waals surface area (Å²) in [5.41, 5.74) is 11.3. The van der Waals surface area contributed by atoms with Crippen LogP contribution in [-0.2, 0) is 6.54 Å². The molecule has 0 atom stereocenters. The van der Waals surface area contributed by atoms with Crippen molar-refractivity contribution >= 4 is 0 Å². The fraction of sp³-hybridized carbons (Fsp3) is 0.600. The zero-order chi connectivity index (χ0) is 13.0. The van der Waals surface area contributed by atoms with Crippen LogP contribution in [-0.4, -0.2) is 24.0 Å². The molecule has 0 heterocycles. The van der Waals surface area contributed by atoms with Gasteiger partial charge in [-0.25, -0.2) is 0 Å². The second-order valence-corrected chi connectivity index (χ2v) is 5.23. The molecule has 0 unspecified atom stereocenters. The van der Waals surface area contributed by atoms with Crippen LogP contribution in [0.1, 0.15) is 36.1 Å². The van der Waals surface area contributed by atoms with E-state index in [0.29, 0.717) is 6.04 Å². The molecule has 0 amide bonds. The highest BCUT2D eigenvalue weighted by molar-refractivity contribution is 5.37. The van der Waals surface area contributed by atoms with E-state index in [2.05, 4.69) is 51.7 Å². The van der Waals surface area contributed by atoms with Crippen molar-refractivity contribution in [3.05, 3.63) is 34.4 Å². The summed E-state index contributed by atoms with van der Waals surface area (Å²) in [5.74, 6) is 0. The van der Waals surface area contributed by atoms with Crippen molar-refractivity contribution in [2.24, 2.45) is 5.73 Å². The van der Waals surface area contributed by atoms with Gasteiger partial charge in [0.2, 0.25) is 0 Å². The van der Waals surface area contributed by atoms with Crippen LogP contribution in [0.5, 0.6) is 0 Å². The third-order valence-electron chi connectivity index (χ3n) is 3.35. The number of nitrogens with zero attached hydrogens (tertiary/aromatic N) is 1. The Bertz CT molecular complexity index is 346. The fourth-order valence-electron chi connectivity index (χ4n) is 2.35. The van der Waals surface area contributed by atoms with Crippen LogP contribution in [0, 0.1) is 20.8 Å². The summed E-state index contributed by atoms with van der Waals surface area (Å²) in [6, 6.07) is 5.07. The molecule has 2 N–H and O–H groups in total. The molecule has 0 aliphatic carbocycles. The molecule has 0 radical (unpaired) electrons. The quantitative estimate of drug-likeness (QED) is 0.849. The first-order valence-electron chi connectivity index (χ1n) is 6.46. The van der Waals surface area contributed by atoms with Gasteiger partial charge in [-0.15, -0.1) is 0 Å².